The number of piperidine rings is 1. The van der Waals surface area contributed by atoms with Crippen molar-refractivity contribution in [2.45, 2.75) is 37.3 Å². The van der Waals surface area contributed by atoms with Gasteiger partial charge >= 0.3 is 6.18 Å². The van der Waals surface area contributed by atoms with Crippen LogP contribution in [0, 0.1) is 0 Å². The van der Waals surface area contributed by atoms with Crippen molar-refractivity contribution < 1.29 is 28.1 Å². The number of hydrogen-bond acceptors (Lipinski definition) is 6. The van der Waals surface area contributed by atoms with Crippen molar-refractivity contribution in [3.8, 4) is 5.75 Å². The summed E-state index contributed by atoms with van der Waals surface area (Å²) in [5.41, 5.74) is -0.960. The van der Waals surface area contributed by atoms with Crippen LogP contribution < -0.4 is 4.74 Å². The molecular formula is C26H26BrF3N2O3S. The second kappa shape index (κ2) is 10.6. The first-order chi connectivity index (χ1) is 16.7. The van der Waals surface area contributed by atoms with Crippen molar-refractivity contribution in [2.75, 3.05) is 19.6 Å². The zero-order valence-corrected chi connectivity index (χ0v) is 21.8. The molecule has 5 nitrogen and oxygen atoms in total. The highest BCUT2D eigenvalue weighted by Gasteiger charge is 2.36. The third kappa shape index (κ3) is 5.52. The predicted molar refractivity (Wildman–Crippen MR) is 140 cm³/mol. The van der Waals surface area contributed by atoms with Gasteiger partial charge in [-0.25, -0.2) is 0 Å². The summed E-state index contributed by atoms with van der Waals surface area (Å²) in [7, 11) is 0. The molecule has 1 atom stereocenters. The fourth-order valence-electron chi connectivity index (χ4n) is 4.70. The van der Waals surface area contributed by atoms with Gasteiger partial charge in [-0.05, 0) is 41.8 Å². The molecule has 2 N–H and O–H groups in total. The summed E-state index contributed by atoms with van der Waals surface area (Å²) < 4.78 is 45.8. The van der Waals surface area contributed by atoms with E-state index >= 15 is 0 Å². The molecule has 1 aliphatic heterocycles. The molecule has 0 amide bonds. The van der Waals surface area contributed by atoms with E-state index in [1.807, 2.05) is 24.3 Å². The standard InChI is InChI=1S/C26H25F3N2O3S.BrH/c27-26(28,29)18-13-22(20-6-12-35-23(20)14-18)34-24(32)5-9-31-10-7-25(33,8-11-31)21-16-30-15-17-3-1-2-4-19(17)21;/h1-4,6,12-16,24,32-33H,5,7-11H2;1H. The Morgan fingerprint density at radius 3 is 2.58 bits per heavy atom. The maximum Gasteiger partial charge on any atom is 0.416 e. The number of fused-ring (bicyclic) bond motifs is 2. The zero-order valence-electron chi connectivity index (χ0n) is 19.2. The Morgan fingerprint density at radius 2 is 1.83 bits per heavy atom. The lowest BCUT2D eigenvalue weighted by atomic mass is 9.83. The SMILES string of the molecule is Br.OC(CCN1CCC(O)(c2cncc3ccccc23)CC1)Oc1cc(C(F)(F)F)cc2sccc12. The van der Waals surface area contributed by atoms with Crippen molar-refractivity contribution in [1.82, 2.24) is 9.88 Å². The molecule has 3 heterocycles. The quantitative estimate of drug-likeness (QED) is 0.268. The van der Waals surface area contributed by atoms with E-state index in [-0.39, 0.29) is 29.2 Å². The Kier molecular flexibility index (Phi) is 7.92. The molecule has 2 aromatic heterocycles. The number of alkyl halides is 3. The largest absolute Gasteiger partial charge is 0.464 e. The van der Waals surface area contributed by atoms with Crippen LogP contribution in [0.3, 0.4) is 0 Å². The summed E-state index contributed by atoms with van der Waals surface area (Å²) >= 11 is 1.20. The van der Waals surface area contributed by atoms with E-state index in [4.69, 9.17) is 4.74 Å². The van der Waals surface area contributed by atoms with Crippen molar-refractivity contribution in [2.24, 2.45) is 0 Å². The summed E-state index contributed by atoms with van der Waals surface area (Å²) in [5, 5.41) is 26.0. The smallest absolute Gasteiger partial charge is 0.416 e. The van der Waals surface area contributed by atoms with Crippen LogP contribution in [0.25, 0.3) is 20.9 Å². The average Bonchev–Trinajstić information content (AvgIpc) is 3.32. The van der Waals surface area contributed by atoms with Gasteiger partial charge in [0.05, 0.1) is 11.2 Å². The fourth-order valence-corrected chi connectivity index (χ4v) is 5.54. The van der Waals surface area contributed by atoms with Crippen LogP contribution in [0.4, 0.5) is 13.2 Å². The molecule has 10 heteroatoms. The van der Waals surface area contributed by atoms with Gasteiger partial charge in [-0.2, -0.15) is 13.2 Å². The molecule has 0 aliphatic carbocycles. The van der Waals surface area contributed by atoms with E-state index < -0.39 is 23.6 Å². The minimum Gasteiger partial charge on any atom is -0.464 e. The van der Waals surface area contributed by atoms with Crippen LogP contribution in [0.1, 0.15) is 30.4 Å². The van der Waals surface area contributed by atoms with Crippen LogP contribution in [-0.2, 0) is 11.8 Å². The predicted octanol–water partition coefficient (Wildman–Crippen LogP) is 6.12. The molecule has 36 heavy (non-hydrogen) atoms. The Hall–Kier alpha value is -2.24. The average molecular weight is 583 g/mol. The number of pyridine rings is 1. The molecular weight excluding hydrogens is 557 g/mol. The van der Waals surface area contributed by atoms with E-state index in [0.717, 1.165) is 28.5 Å². The summed E-state index contributed by atoms with van der Waals surface area (Å²) in [6.07, 6.45) is -0.958. The molecule has 1 unspecified atom stereocenters. The maximum atomic E-state index is 13.3. The number of hydrogen-bond donors (Lipinski definition) is 2. The monoisotopic (exact) mass is 582 g/mol. The first-order valence-corrected chi connectivity index (χ1v) is 12.3. The van der Waals surface area contributed by atoms with Crippen LogP contribution in [0.15, 0.2) is 60.2 Å². The molecule has 0 radical (unpaired) electrons. The summed E-state index contributed by atoms with van der Waals surface area (Å²) in [4.78, 5) is 6.41. The van der Waals surface area contributed by atoms with Gasteiger partial charge < -0.3 is 19.8 Å². The second-order valence-corrected chi connectivity index (χ2v) is 9.89. The Bertz CT molecular complexity index is 1330. The molecule has 0 saturated carbocycles. The highest BCUT2D eigenvalue weighted by atomic mass is 79.9. The van der Waals surface area contributed by atoms with Gasteiger partial charge in [-0.1, -0.05) is 24.3 Å². The number of likely N-dealkylation sites (tertiary alicyclic amines) is 1. The van der Waals surface area contributed by atoms with Gasteiger partial charge in [0.15, 0.2) is 6.29 Å². The number of thiophene rings is 1. The zero-order chi connectivity index (χ0) is 24.6. The number of benzene rings is 2. The maximum absolute atomic E-state index is 13.3. The van der Waals surface area contributed by atoms with Crippen LogP contribution >= 0.6 is 28.3 Å². The van der Waals surface area contributed by atoms with E-state index in [1.165, 1.54) is 11.3 Å². The number of nitrogens with zero attached hydrogens (tertiary/aromatic N) is 2. The number of rotatable bonds is 6. The molecule has 0 spiro atoms. The topological polar surface area (TPSA) is 65.8 Å². The lowest BCUT2D eigenvalue weighted by molar-refractivity contribution is -0.137. The molecule has 1 saturated heterocycles. The first kappa shape index (κ1) is 26.8. The molecule has 5 rings (SSSR count). The lowest BCUT2D eigenvalue weighted by Crippen LogP contribution is -2.43. The minimum absolute atomic E-state index is 0. The van der Waals surface area contributed by atoms with E-state index in [0.29, 0.717) is 42.6 Å². The fraction of sp³-hybridized carbons (Fsp3) is 0.346. The second-order valence-electron chi connectivity index (χ2n) is 8.95. The van der Waals surface area contributed by atoms with Gasteiger partial charge in [0.1, 0.15) is 5.75 Å². The van der Waals surface area contributed by atoms with Crippen LogP contribution in [0.2, 0.25) is 0 Å². The molecule has 1 fully saturated rings. The van der Waals surface area contributed by atoms with Crippen LogP contribution in [0.5, 0.6) is 5.75 Å². The number of aliphatic hydroxyl groups excluding tert-OH is 1. The first-order valence-electron chi connectivity index (χ1n) is 11.4. The highest BCUT2D eigenvalue weighted by Crippen LogP contribution is 2.39. The molecule has 192 valence electrons. The Balaban J connectivity index is 0.00000304. The summed E-state index contributed by atoms with van der Waals surface area (Å²) in [5.74, 6) is 0.0278. The van der Waals surface area contributed by atoms with Crippen molar-refractivity contribution in [3.63, 3.8) is 0 Å². The number of aliphatic hydroxyl groups is 2. The van der Waals surface area contributed by atoms with Crippen molar-refractivity contribution in [3.05, 3.63) is 71.4 Å². The van der Waals surface area contributed by atoms with E-state index in [1.54, 1.807) is 23.8 Å². The van der Waals surface area contributed by atoms with Gasteiger partial charge in [-0.15, -0.1) is 28.3 Å². The summed E-state index contributed by atoms with van der Waals surface area (Å²) in [6.45, 7) is 1.73. The lowest BCUT2D eigenvalue weighted by Gasteiger charge is -2.39. The van der Waals surface area contributed by atoms with Gasteiger partial charge in [0.2, 0.25) is 0 Å². The van der Waals surface area contributed by atoms with Crippen LogP contribution in [-0.4, -0.2) is 46.0 Å². The van der Waals surface area contributed by atoms with Gasteiger partial charge in [0.25, 0.3) is 0 Å². The molecule has 2 aromatic carbocycles. The normalized spacial score (nSPS) is 17.1. The number of ether oxygens (including phenoxy) is 1. The Morgan fingerprint density at radius 1 is 1.08 bits per heavy atom. The third-order valence-electron chi connectivity index (χ3n) is 6.67. The highest BCUT2D eigenvalue weighted by molar-refractivity contribution is 8.93. The molecule has 4 aromatic rings. The van der Waals surface area contributed by atoms with Crippen molar-refractivity contribution in [1.29, 1.82) is 0 Å². The molecule has 1 aliphatic rings. The number of aromatic nitrogens is 1. The minimum atomic E-state index is -4.49. The van der Waals surface area contributed by atoms with Gasteiger partial charge in [0, 0.05) is 59.5 Å². The van der Waals surface area contributed by atoms with Crippen molar-refractivity contribution >= 4 is 49.2 Å². The summed E-state index contributed by atoms with van der Waals surface area (Å²) in [6, 6.07) is 11.6. The number of halogens is 4. The van der Waals surface area contributed by atoms with E-state index in [9.17, 15) is 23.4 Å². The third-order valence-corrected chi connectivity index (χ3v) is 7.53. The van der Waals surface area contributed by atoms with Gasteiger partial charge in [-0.3, -0.25) is 4.98 Å². The molecule has 0 bridgehead atoms. The Labute approximate surface area is 220 Å². The van der Waals surface area contributed by atoms with E-state index in [2.05, 4.69) is 9.88 Å².